The van der Waals surface area contributed by atoms with E-state index >= 15 is 0 Å². The number of sulfonamides is 1. The summed E-state index contributed by atoms with van der Waals surface area (Å²) in [7, 11) is -3.86. The molecule has 4 aromatic rings. The maximum Gasteiger partial charge on any atom is 0.255 e. The standard InChI is InChI=1S/C25H20ClN3O5S/c26-18-3-7-21(22(27)12-18)16-9-15(14-1-5-20(6-2-14)35(28,33)34)10-17(11-16)25(32)29-19-4-8-23(30)24(31)13-19/h1-13,30-31H,27H2,(H,29,32)(H2,28,33,34). The SMILES string of the molecule is Nc1cc(Cl)ccc1-c1cc(C(=O)Nc2ccc(O)c(O)c2)cc(-c2ccc(S(N)(=O)=O)cc2)c1. The lowest BCUT2D eigenvalue weighted by atomic mass is 9.95. The smallest absolute Gasteiger partial charge is 0.255 e. The maximum atomic E-state index is 13.1. The van der Waals surface area contributed by atoms with E-state index in [2.05, 4.69) is 5.32 Å². The number of phenols is 2. The molecule has 4 aromatic carbocycles. The monoisotopic (exact) mass is 509 g/mol. The third-order valence-corrected chi connectivity index (χ3v) is 6.43. The highest BCUT2D eigenvalue weighted by molar-refractivity contribution is 7.89. The number of hydrogen-bond acceptors (Lipinski definition) is 6. The van der Waals surface area contributed by atoms with Gasteiger partial charge in [0.2, 0.25) is 10.0 Å². The molecule has 0 spiro atoms. The minimum atomic E-state index is -3.86. The molecule has 0 aromatic heterocycles. The second-order valence-corrected chi connectivity index (χ2v) is 9.76. The van der Waals surface area contributed by atoms with Crippen molar-refractivity contribution in [3.05, 3.63) is 89.4 Å². The summed E-state index contributed by atoms with van der Waals surface area (Å²) < 4.78 is 23.2. The summed E-state index contributed by atoms with van der Waals surface area (Å²) in [6, 6.07) is 20.0. The summed E-state index contributed by atoms with van der Waals surface area (Å²) in [5.74, 6) is -1.17. The first-order valence-electron chi connectivity index (χ1n) is 10.2. The molecule has 0 unspecified atom stereocenters. The van der Waals surface area contributed by atoms with Gasteiger partial charge in [-0.3, -0.25) is 4.79 Å². The van der Waals surface area contributed by atoms with E-state index < -0.39 is 15.9 Å². The summed E-state index contributed by atoms with van der Waals surface area (Å²) in [4.78, 5) is 13.1. The van der Waals surface area contributed by atoms with Gasteiger partial charge in [0.05, 0.1) is 4.90 Å². The lowest BCUT2D eigenvalue weighted by Gasteiger charge is -2.13. The number of nitrogens with one attached hydrogen (secondary N) is 1. The summed E-state index contributed by atoms with van der Waals surface area (Å²) >= 11 is 6.04. The van der Waals surface area contributed by atoms with E-state index in [1.54, 1.807) is 42.5 Å². The zero-order valence-corrected chi connectivity index (χ0v) is 19.6. The first-order chi connectivity index (χ1) is 16.5. The second-order valence-electron chi connectivity index (χ2n) is 7.76. The zero-order chi connectivity index (χ0) is 25.3. The van der Waals surface area contributed by atoms with Crippen LogP contribution >= 0.6 is 11.6 Å². The molecular weight excluding hydrogens is 490 g/mol. The fourth-order valence-corrected chi connectivity index (χ4v) is 4.21. The molecular formula is C25H20ClN3O5S. The summed E-state index contributed by atoms with van der Waals surface area (Å²) in [6.07, 6.45) is 0. The normalized spacial score (nSPS) is 11.3. The van der Waals surface area contributed by atoms with Gasteiger partial charge in [0.1, 0.15) is 0 Å². The van der Waals surface area contributed by atoms with Crippen molar-refractivity contribution in [3.8, 4) is 33.8 Å². The fraction of sp³-hybridized carbons (Fsp3) is 0. The molecule has 0 heterocycles. The molecule has 0 atom stereocenters. The van der Waals surface area contributed by atoms with Crippen molar-refractivity contribution in [2.24, 2.45) is 5.14 Å². The van der Waals surface area contributed by atoms with E-state index in [-0.39, 0.29) is 27.6 Å². The Kier molecular flexibility index (Phi) is 6.40. The van der Waals surface area contributed by atoms with Gasteiger partial charge >= 0.3 is 0 Å². The topological polar surface area (TPSA) is 156 Å². The number of nitrogen functional groups attached to an aromatic ring is 1. The van der Waals surface area contributed by atoms with Crippen LogP contribution in [-0.4, -0.2) is 24.5 Å². The number of rotatable bonds is 5. The number of primary sulfonamides is 1. The van der Waals surface area contributed by atoms with Crippen LogP contribution in [0, 0.1) is 0 Å². The Labute approximate surface area is 206 Å². The summed E-state index contributed by atoms with van der Waals surface area (Å²) in [5, 5.41) is 27.6. The fourth-order valence-electron chi connectivity index (χ4n) is 3.52. The van der Waals surface area contributed by atoms with Gasteiger partial charge in [-0.15, -0.1) is 0 Å². The van der Waals surface area contributed by atoms with Crippen molar-refractivity contribution in [1.29, 1.82) is 0 Å². The highest BCUT2D eigenvalue weighted by atomic mass is 35.5. The quantitative estimate of drug-likeness (QED) is 0.151. The third kappa shape index (κ3) is 5.38. The molecule has 4 rings (SSSR count). The molecule has 0 bridgehead atoms. The first kappa shape index (κ1) is 24.1. The van der Waals surface area contributed by atoms with Crippen LogP contribution in [0.25, 0.3) is 22.3 Å². The zero-order valence-electron chi connectivity index (χ0n) is 18.1. The van der Waals surface area contributed by atoms with Gasteiger partial charge in [0.15, 0.2) is 11.5 Å². The molecule has 10 heteroatoms. The summed E-state index contributed by atoms with van der Waals surface area (Å²) in [5.41, 5.74) is 9.68. The number of amides is 1. The van der Waals surface area contributed by atoms with Gasteiger partial charge in [-0.2, -0.15) is 0 Å². The van der Waals surface area contributed by atoms with Crippen LogP contribution in [0.3, 0.4) is 0 Å². The van der Waals surface area contributed by atoms with Gasteiger partial charge in [-0.05, 0) is 71.3 Å². The maximum absolute atomic E-state index is 13.1. The molecule has 0 aliphatic carbocycles. The van der Waals surface area contributed by atoms with E-state index in [9.17, 15) is 23.4 Å². The molecule has 8 nitrogen and oxygen atoms in total. The van der Waals surface area contributed by atoms with Crippen LogP contribution in [-0.2, 0) is 10.0 Å². The molecule has 7 N–H and O–H groups in total. The lowest BCUT2D eigenvalue weighted by Crippen LogP contribution is -2.12. The van der Waals surface area contributed by atoms with E-state index in [1.165, 1.54) is 30.3 Å². The van der Waals surface area contributed by atoms with Gasteiger partial charge < -0.3 is 21.3 Å². The molecule has 35 heavy (non-hydrogen) atoms. The number of carbonyl (C=O) groups is 1. The minimum absolute atomic E-state index is 0.0375. The van der Waals surface area contributed by atoms with Crippen LogP contribution in [0.4, 0.5) is 11.4 Å². The van der Waals surface area contributed by atoms with Crippen molar-refractivity contribution < 1.29 is 23.4 Å². The van der Waals surface area contributed by atoms with E-state index in [1.807, 2.05) is 6.07 Å². The number of nitrogens with two attached hydrogens (primary N) is 2. The van der Waals surface area contributed by atoms with Crippen molar-refractivity contribution in [3.63, 3.8) is 0 Å². The molecule has 0 aliphatic rings. The molecule has 178 valence electrons. The largest absolute Gasteiger partial charge is 0.504 e. The number of phenolic OH excluding ortho intramolecular Hbond substituents is 2. The van der Waals surface area contributed by atoms with Crippen molar-refractivity contribution in [2.45, 2.75) is 4.90 Å². The van der Waals surface area contributed by atoms with Gasteiger partial charge in [0.25, 0.3) is 5.91 Å². The molecule has 0 saturated heterocycles. The highest BCUT2D eigenvalue weighted by Crippen LogP contribution is 2.34. The van der Waals surface area contributed by atoms with Crippen LogP contribution in [0.1, 0.15) is 10.4 Å². The Morgan fingerprint density at radius 3 is 2.11 bits per heavy atom. The lowest BCUT2D eigenvalue weighted by molar-refractivity contribution is 0.102. The van der Waals surface area contributed by atoms with E-state index in [0.717, 1.165) is 0 Å². The summed E-state index contributed by atoms with van der Waals surface area (Å²) in [6.45, 7) is 0. The van der Waals surface area contributed by atoms with E-state index in [4.69, 9.17) is 22.5 Å². The number of carbonyl (C=O) groups excluding carboxylic acids is 1. The average molecular weight is 510 g/mol. The predicted octanol–water partition coefficient (Wildman–Crippen LogP) is 4.57. The average Bonchev–Trinajstić information content (AvgIpc) is 2.80. The Morgan fingerprint density at radius 1 is 0.800 bits per heavy atom. The molecule has 0 fully saturated rings. The Bertz CT molecular complexity index is 1550. The highest BCUT2D eigenvalue weighted by Gasteiger charge is 2.15. The van der Waals surface area contributed by atoms with Crippen molar-refractivity contribution in [1.82, 2.24) is 0 Å². The van der Waals surface area contributed by atoms with Gasteiger partial charge in [0, 0.05) is 33.6 Å². The van der Waals surface area contributed by atoms with Crippen LogP contribution < -0.4 is 16.2 Å². The van der Waals surface area contributed by atoms with Crippen LogP contribution in [0.5, 0.6) is 11.5 Å². The minimum Gasteiger partial charge on any atom is -0.504 e. The Balaban J connectivity index is 1.80. The molecule has 0 radical (unpaired) electrons. The van der Waals surface area contributed by atoms with Gasteiger partial charge in [-0.1, -0.05) is 29.8 Å². The van der Waals surface area contributed by atoms with Gasteiger partial charge in [-0.25, -0.2) is 13.6 Å². The third-order valence-electron chi connectivity index (χ3n) is 5.27. The second kappa shape index (κ2) is 9.30. The first-order valence-corrected chi connectivity index (χ1v) is 12.1. The van der Waals surface area contributed by atoms with E-state index in [0.29, 0.717) is 33.0 Å². The Morgan fingerprint density at radius 2 is 1.49 bits per heavy atom. The number of benzene rings is 4. The molecule has 0 aliphatic heterocycles. The molecule has 0 saturated carbocycles. The number of hydrogen-bond donors (Lipinski definition) is 5. The number of aromatic hydroxyl groups is 2. The van der Waals surface area contributed by atoms with Crippen molar-refractivity contribution >= 4 is 38.9 Å². The Hall–Kier alpha value is -4.05. The van der Waals surface area contributed by atoms with Crippen molar-refractivity contribution in [2.75, 3.05) is 11.1 Å². The van der Waals surface area contributed by atoms with Crippen LogP contribution in [0.15, 0.2) is 83.8 Å². The molecule has 1 amide bonds. The predicted molar refractivity (Wildman–Crippen MR) is 136 cm³/mol. The number of anilines is 2. The number of halogens is 1. The van der Waals surface area contributed by atoms with Crippen LogP contribution in [0.2, 0.25) is 5.02 Å².